The Kier molecular flexibility index (Phi) is 4.95. The molecule has 0 radical (unpaired) electrons. The Bertz CT molecular complexity index is 1380. The van der Waals surface area contributed by atoms with E-state index in [1.54, 1.807) is 23.1 Å². The summed E-state index contributed by atoms with van der Waals surface area (Å²) in [5.74, 6) is -0.197. The molecule has 1 atom stereocenters. The Morgan fingerprint density at radius 1 is 1.00 bits per heavy atom. The van der Waals surface area contributed by atoms with Crippen molar-refractivity contribution in [2.75, 3.05) is 0 Å². The lowest BCUT2D eigenvalue weighted by Gasteiger charge is -2.25. The zero-order valence-corrected chi connectivity index (χ0v) is 18.9. The summed E-state index contributed by atoms with van der Waals surface area (Å²) in [6.07, 6.45) is 0. The van der Waals surface area contributed by atoms with Gasteiger partial charge in [0.2, 0.25) is 5.76 Å². The van der Waals surface area contributed by atoms with Crippen LogP contribution in [0.4, 0.5) is 0 Å². The molecule has 0 spiro atoms. The first-order chi connectivity index (χ1) is 14.9. The number of halogens is 2. The van der Waals surface area contributed by atoms with Gasteiger partial charge in [-0.2, -0.15) is 0 Å². The Morgan fingerprint density at radius 3 is 2.42 bits per heavy atom. The fraction of sp³-hybridized carbons (Fsp3) is 0.120. The largest absolute Gasteiger partial charge is 0.450 e. The van der Waals surface area contributed by atoms with Gasteiger partial charge in [0.15, 0.2) is 5.43 Å². The number of hydrogen-bond donors (Lipinski definition) is 0. The Labute approximate surface area is 192 Å². The maximum Gasteiger partial charge on any atom is 0.291 e. The van der Waals surface area contributed by atoms with Crippen molar-refractivity contribution >= 4 is 44.4 Å². The van der Waals surface area contributed by atoms with Gasteiger partial charge in [-0.15, -0.1) is 0 Å². The van der Waals surface area contributed by atoms with Gasteiger partial charge >= 0.3 is 0 Å². The van der Waals surface area contributed by atoms with Crippen LogP contribution in [0.5, 0.6) is 0 Å². The Hall–Kier alpha value is -2.89. The second-order valence-electron chi connectivity index (χ2n) is 7.69. The van der Waals surface area contributed by atoms with Crippen LogP contribution in [0.15, 0.2) is 80.4 Å². The molecule has 31 heavy (non-hydrogen) atoms. The van der Waals surface area contributed by atoms with Crippen LogP contribution in [0.1, 0.15) is 38.9 Å². The monoisotopic (exact) mass is 493 g/mol. The highest BCUT2D eigenvalue weighted by atomic mass is 79.9. The van der Waals surface area contributed by atoms with Crippen LogP contribution in [0.25, 0.3) is 11.0 Å². The van der Waals surface area contributed by atoms with E-state index in [4.69, 9.17) is 16.0 Å². The Morgan fingerprint density at radius 2 is 1.71 bits per heavy atom. The van der Waals surface area contributed by atoms with Crippen molar-refractivity contribution in [1.82, 2.24) is 4.90 Å². The number of carbonyl (C=O) groups is 1. The van der Waals surface area contributed by atoms with Gasteiger partial charge in [0.25, 0.3) is 5.91 Å². The second-order valence-corrected chi connectivity index (χ2v) is 9.04. The molecular formula is C25H17BrClNO3. The van der Waals surface area contributed by atoms with E-state index in [0.717, 1.165) is 21.2 Å². The zero-order chi connectivity index (χ0) is 21.7. The summed E-state index contributed by atoms with van der Waals surface area (Å²) in [4.78, 5) is 28.6. The molecule has 2 heterocycles. The molecule has 6 heteroatoms. The average molecular weight is 495 g/mol. The maximum absolute atomic E-state index is 13.5. The molecule has 154 valence electrons. The minimum atomic E-state index is -0.545. The van der Waals surface area contributed by atoms with Crippen LogP contribution in [0.2, 0.25) is 5.02 Å². The molecule has 0 saturated heterocycles. The molecule has 1 aromatic heterocycles. The van der Waals surface area contributed by atoms with Crippen molar-refractivity contribution in [2.45, 2.75) is 19.5 Å². The molecule has 0 N–H and O–H groups in total. The summed E-state index contributed by atoms with van der Waals surface area (Å²) >= 11 is 9.58. The smallest absolute Gasteiger partial charge is 0.291 e. The van der Waals surface area contributed by atoms with E-state index in [1.807, 2.05) is 55.5 Å². The average Bonchev–Trinajstić information content (AvgIpc) is 3.03. The van der Waals surface area contributed by atoms with Gasteiger partial charge in [-0.3, -0.25) is 9.59 Å². The topological polar surface area (TPSA) is 50.5 Å². The number of fused-ring (bicyclic) bond motifs is 2. The quantitative estimate of drug-likeness (QED) is 0.338. The molecule has 3 aromatic carbocycles. The second kappa shape index (κ2) is 7.66. The van der Waals surface area contributed by atoms with Crippen LogP contribution in [0, 0.1) is 6.92 Å². The zero-order valence-electron chi connectivity index (χ0n) is 16.6. The van der Waals surface area contributed by atoms with Crippen molar-refractivity contribution in [3.05, 3.63) is 114 Å². The standard InChI is InChI=1S/C25H17BrClNO3/c1-14-2-4-15(5-3-14)13-28-22(16-6-8-17(26)9-7-16)21-23(29)19-12-18(27)10-11-20(19)31-24(21)25(28)30/h2-12,22H,13H2,1H3/t22-/m1/s1. The van der Waals surface area contributed by atoms with Gasteiger partial charge < -0.3 is 9.32 Å². The molecule has 0 bridgehead atoms. The van der Waals surface area contributed by atoms with Crippen LogP contribution >= 0.6 is 27.5 Å². The lowest BCUT2D eigenvalue weighted by molar-refractivity contribution is 0.0714. The first-order valence-electron chi connectivity index (χ1n) is 9.80. The van der Waals surface area contributed by atoms with Crippen LogP contribution in [0.3, 0.4) is 0 Å². The number of rotatable bonds is 3. The van der Waals surface area contributed by atoms with Crippen molar-refractivity contribution in [2.24, 2.45) is 0 Å². The summed E-state index contributed by atoms with van der Waals surface area (Å²) in [6, 6.07) is 20.0. The number of nitrogens with zero attached hydrogens (tertiary/aromatic N) is 1. The minimum absolute atomic E-state index is 0.0971. The van der Waals surface area contributed by atoms with Crippen molar-refractivity contribution in [1.29, 1.82) is 0 Å². The maximum atomic E-state index is 13.5. The van der Waals surface area contributed by atoms with Gasteiger partial charge in [0.05, 0.1) is 17.0 Å². The molecule has 0 unspecified atom stereocenters. The molecule has 4 nitrogen and oxygen atoms in total. The summed E-state index contributed by atoms with van der Waals surface area (Å²) < 4.78 is 6.88. The van der Waals surface area contributed by atoms with E-state index in [2.05, 4.69) is 15.9 Å². The van der Waals surface area contributed by atoms with Crippen LogP contribution in [-0.2, 0) is 6.54 Å². The molecule has 1 aliphatic rings. The first-order valence-corrected chi connectivity index (χ1v) is 11.0. The lowest BCUT2D eigenvalue weighted by atomic mass is 9.98. The van der Waals surface area contributed by atoms with Gasteiger partial charge in [-0.05, 0) is 48.4 Å². The molecular weight excluding hydrogens is 478 g/mol. The highest BCUT2D eigenvalue weighted by Crippen LogP contribution is 2.39. The number of benzene rings is 3. The molecule has 0 saturated carbocycles. The third-order valence-electron chi connectivity index (χ3n) is 5.59. The predicted octanol–water partition coefficient (Wildman–Crippen LogP) is 6.26. The number of carbonyl (C=O) groups excluding carboxylic acids is 1. The van der Waals surface area contributed by atoms with Crippen molar-refractivity contribution < 1.29 is 9.21 Å². The molecule has 0 aliphatic carbocycles. The summed E-state index contributed by atoms with van der Waals surface area (Å²) in [5.41, 5.74) is 3.45. The minimum Gasteiger partial charge on any atom is -0.450 e. The molecule has 1 aliphatic heterocycles. The fourth-order valence-corrected chi connectivity index (χ4v) is 4.47. The van der Waals surface area contributed by atoms with Gasteiger partial charge in [0.1, 0.15) is 5.58 Å². The van der Waals surface area contributed by atoms with E-state index < -0.39 is 6.04 Å². The van der Waals surface area contributed by atoms with E-state index in [9.17, 15) is 9.59 Å². The highest BCUT2D eigenvalue weighted by Gasteiger charge is 2.42. The van der Waals surface area contributed by atoms with Crippen molar-refractivity contribution in [3.63, 3.8) is 0 Å². The number of hydrogen-bond acceptors (Lipinski definition) is 3. The summed E-state index contributed by atoms with van der Waals surface area (Å²) in [5, 5.41) is 0.819. The van der Waals surface area contributed by atoms with Crippen LogP contribution in [-0.4, -0.2) is 10.8 Å². The van der Waals surface area contributed by atoms with Crippen molar-refractivity contribution in [3.8, 4) is 0 Å². The molecule has 5 rings (SSSR count). The van der Waals surface area contributed by atoms with E-state index >= 15 is 0 Å². The lowest BCUT2D eigenvalue weighted by Crippen LogP contribution is -2.29. The molecule has 1 amide bonds. The SMILES string of the molecule is Cc1ccc(CN2C(=O)c3oc4ccc(Cl)cc4c(=O)c3[C@H]2c2ccc(Br)cc2)cc1. The third kappa shape index (κ3) is 3.48. The van der Waals surface area contributed by atoms with Gasteiger partial charge in [-0.25, -0.2) is 0 Å². The van der Waals surface area contributed by atoms with E-state index in [-0.39, 0.29) is 17.1 Å². The van der Waals surface area contributed by atoms with E-state index in [0.29, 0.717) is 28.1 Å². The highest BCUT2D eigenvalue weighted by molar-refractivity contribution is 9.10. The molecule has 4 aromatic rings. The first kappa shape index (κ1) is 20.0. The Balaban J connectivity index is 1.72. The third-order valence-corrected chi connectivity index (χ3v) is 6.35. The fourth-order valence-electron chi connectivity index (χ4n) is 4.04. The summed E-state index contributed by atoms with van der Waals surface area (Å²) in [7, 11) is 0. The van der Waals surface area contributed by atoms with Gasteiger partial charge in [-0.1, -0.05) is 69.5 Å². The van der Waals surface area contributed by atoms with Gasteiger partial charge in [0, 0.05) is 16.0 Å². The number of aryl methyl sites for hydroxylation is 1. The predicted molar refractivity (Wildman–Crippen MR) is 125 cm³/mol. The number of amides is 1. The molecule has 0 fully saturated rings. The summed E-state index contributed by atoms with van der Waals surface area (Å²) in [6.45, 7) is 2.38. The van der Waals surface area contributed by atoms with Crippen LogP contribution < -0.4 is 5.43 Å². The normalized spacial score (nSPS) is 15.5. The van der Waals surface area contributed by atoms with E-state index in [1.165, 1.54) is 0 Å².